The molecule has 2 atom stereocenters. The molecular weight excluding hydrogens is 406 g/mol. The largest absolute Gasteiger partial charge is 0.497 e. The fourth-order valence-corrected chi connectivity index (χ4v) is 4.42. The zero-order valence-corrected chi connectivity index (χ0v) is 18.5. The molecule has 1 aliphatic rings. The molecule has 2 N–H and O–H groups in total. The van der Waals surface area contributed by atoms with Crippen LogP contribution in [0, 0.1) is 11.8 Å². The van der Waals surface area contributed by atoms with Crippen molar-refractivity contribution in [1.82, 2.24) is 4.98 Å². The van der Waals surface area contributed by atoms with Gasteiger partial charge in [-0.1, -0.05) is 13.8 Å². The number of benzene rings is 2. The van der Waals surface area contributed by atoms with Crippen molar-refractivity contribution >= 4 is 34.3 Å². The molecule has 1 saturated heterocycles. The van der Waals surface area contributed by atoms with Crippen molar-refractivity contribution in [2.45, 2.75) is 20.3 Å². The van der Waals surface area contributed by atoms with Crippen LogP contribution in [0.4, 0.5) is 11.5 Å². The third-order valence-corrected chi connectivity index (χ3v) is 5.83. The number of piperidine rings is 1. The summed E-state index contributed by atoms with van der Waals surface area (Å²) in [6.07, 6.45) is 1.16. The molecule has 1 aromatic heterocycles. The Morgan fingerprint density at radius 3 is 2.38 bits per heavy atom. The van der Waals surface area contributed by atoms with Crippen molar-refractivity contribution in [2.24, 2.45) is 11.8 Å². The lowest BCUT2D eigenvalue weighted by molar-refractivity contribution is 0.0698. The number of ether oxygens (including phenoxy) is 1. The lowest BCUT2D eigenvalue weighted by Crippen LogP contribution is -2.39. The second-order valence-corrected chi connectivity index (χ2v) is 8.60. The lowest BCUT2D eigenvalue weighted by Gasteiger charge is -2.36. The van der Waals surface area contributed by atoms with E-state index in [4.69, 9.17) is 9.72 Å². The Kier molecular flexibility index (Phi) is 5.99. The van der Waals surface area contributed by atoms with Gasteiger partial charge in [0.2, 0.25) is 0 Å². The summed E-state index contributed by atoms with van der Waals surface area (Å²) in [5.41, 5.74) is 1.76. The van der Waals surface area contributed by atoms with E-state index in [1.807, 2.05) is 0 Å². The molecule has 32 heavy (non-hydrogen) atoms. The van der Waals surface area contributed by atoms with E-state index in [0.717, 1.165) is 19.5 Å². The molecule has 3 aromatic rings. The highest BCUT2D eigenvalue weighted by molar-refractivity contribution is 6.08. The molecule has 0 radical (unpaired) electrons. The van der Waals surface area contributed by atoms with E-state index in [-0.39, 0.29) is 11.5 Å². The molecule has 2 heterocycles. The van der Waals surface area contributed by atoms with E-state index in [0.29, 0.717) is 45.6 Å². The van der Waals surface area contributed by atoms with E-state index in [9.17, 15) is 14.7 Å². The lowest BCUT2D eigenvalue weighted by atomic mass is 9.92. The number of rotatable bonds is 5. The van der Waals surface area contributed by atoms with Crippen LogP contribution >= 0.6 is 0 Å². The molecule has 7 heteroatoms. The van der Waals surface area contributed by atoms with Crippen LogP contribution in [-0.2, 0) is 0 Å². The molecule has 0 bridgehead atoms. The number of aromatic carboxylic acids is 1. The van der Waals surface area contributed by atoms with Gasteiger partial charge in [0.1, 0.15) is 11.6 Å². The molecule has 4 rings (SSSR count). The van der Waals surface area contributed by atoms with Gasteiger partial charge in [-0.05, 0) is 66.8 Å². The van der Waals surface area contributed by atoms with Crippen LogP contribution in [0.2, 0.25) is 0 Å². The van der Waals surface area contributed by atoms with Gasteiger partial charge in [0.05, 0.1) is 18.2 Å². The van der Waals surface area contributed by atoms with Crippen LogP contribution in [0.5, 0.6) is 5.75 Å². The summed E-state index contributed by atoms with van der Waals surface area (Å²) in [5.74, 6) is 1.10. The average molecular weight is 434 g/mol. The number of nitrogens with one attached hydrogen (secondary N) is 1. The summed E-state index contributed by atoms with van der Waals surface area (Å²) in [4.78, 5) is 31.6. The maximum Gasteiger partial charge on any atom is 0.336 e. The van der Waals surface area contributed by atoms with Crippen molar-refractivity contribution < 1.29 is 19.4 Å². The van der Waals surface area contributed by atoms with Crippen LogP contribution < -0.4 is 15.0 Å². The van der Waals surface area contributed by atoms with E-state index in [1.165, 1.54) is 0 Å². The van der Waals surface area contributed by atoms with E-state index >= 15 is 0 Å². The van der Waals surface area contributed by atoms with Crippen molar-refractivity contribution in [3.8, 4) is 5.75 Å². The number of fused-ring (bicyclic) bond motifs is 1. The molecule has 1 fully saturated rings. The first kappa shape index (κ1) is 21.6. The number of hydrogen-bond acceptors (Lipinski definition) is 5. The highest BCUT2D eigenvalue weighted by atomic mass is 16.5. The Balaban J connectivity index is 1.65. The van der Waals surface area contributed by atoms with Gasteiger partial charge < -0.3 is 20.1 Å². The first-order valence-corrected chi connectivity index (χ1v) is 10.7. The SMILES string of the molecule is COc1ccc(C(=O)Nc2ccc3nc(N4C[C@@H](C)C[C@H](C)C4)cc(C(=O)O)c3c2)cc1. The molecule has 1 amide bonds. The molecule has 0 unspecified atom stereocenters. The topological polar surface area (TPSA) is 91.8 Å². The molecule has 7 nitrogen and oxygen atoms in total. The van der Waals surface area contributed by atoms with Gasteiger partial charge in [0.25, 0.3) is 5.91 Å². The minimum absolute atomic E-state index is 0.177. The van der Waals surface area contributed by atoms with E-state index < -0.39 is 5.97 Å². The second kappa shape index (κ2) is 8.86. The second-order valence-electron chi connectivity index (χ2n) is 8.60. The molecule has 2 aromatic carbocycles. The fraction of sp³-hybridized carbons (Fsp3) is 0.320. The normalized spacial score (nSPS) is 18.4. The minimum atomic E-state index is -1.02. The predicted molar refractivity (Wildman–Crippen MR) is 125 cm³/mol. The van der Waals surface area contributed by atoms with Crippen molar-refractivity contribution in [1.29, 1.82) is 0 Å². The number of pyridine rings is 1. The van der Waals surface area contributed by atoms with Gasteiger partial charge in [-0.3, -0.25) is 4.79 Å². The van der Waals surface area contributed by atoms with Gasteiger partial charge in [0, 0.05) is 29.7 Å². The Morgan fingerprint density at radius 1 is 1.06 bits per heavy atom. The summed E-state index contributed by atoms with van der Waals surface area (Å²) in [6, 6.07) is 13.6. The average Bonchev–Trinajstić information content (AvgIpc) is 2.77. The van der Waals surface area contributed by atoms with Gasteiger partial charge in [-0.2, -0.15) is 0 Å². The van der Waals surface area contributed by atoms with Crippen LogP contribution in [0.15, 0.2) is 48.5 Å². The van der Waals surface area contributed by atoms with Crippen LogP contribution in [0.1, 0.15) is 41.0 Å². The molecule has 0 spiro atoms. The summed E-state index contributed by atoms with van der Waals surface area (Å²) in [6.45, 7) is 6.13. The van der Waals surface area contributed by atoms with Gasteiger partial charge in [-0.25, -0.2) is 9.78 Å². The monoisotopic (exact) mass is 433 g/mol. The first-order chi connectivity index (χ1) is 15.3. The Labute approximate surface area is 187 Å². The highest BCUT2D eigenvalue weighted by Gasteiger charge is 2.24. The van der Waals surface area contributed by atoms with Gasteiger partial charge >= 0.3 is 5.97 Å². The van der Waals surface area contributed by atoms with E-state index in [1.54, 1.807) is 55.6 Å². The Hall–Kier alpha value is -3.61. The van der Waals surface area contributed by atoms with Crippen molar-refractivity contribution in [3.63, 3.8) is 0 Å². The number of anilines is 2. The van der Waals surface area contributed by atoms with Crippen LogP contribution in [0.3, 0.4) is 0 Å². The molecule has 0 aliphatic carbocycles. The summed E-state index contributed by atoms with van der Waals surface area (Å²) in [7, 11) is 1.57. The maximum absolute atomic E-state index is 12.6. The molecule has 166 valence electrons. The minimum Gasteiger partial charge on any atom is -0.497 e. The predicted octanol–water partition coefficient (Wildman–Crippen LogP) is 4.68. The number of amides is 1. The molecular formula is C25H27N3O4. The Bertz CT molecular complexity index is 1150. The third-order valence-electron chi connectivity index (χ3n) is 5.83. The quantitative estimate of drug-likeness (QED) is 0.607. The number of methoxy groups -OCH3 is 1. The zero-order chi connectivity index (χ0) is 22.8. The number of aromatic nitrogens is 1. The molecule has 0 saturated carbocycles. The summed E-state index contributed by atoms with van der Waals surface area (Å²) in [5, 5.41) is 13.2. The van der Waals surface area contributed by atoms with Gasteiger partial charge in [0.15, 0.2) is 0 Å². The maximum atomic E-state index is 12.6. The fourth-order valence-electron chi connectivity index (χ4n) is 4.42. The number of carbonyl (C=O) groups excluding carboxylic acids is 1. The number of nitrogens with zero attached hydrogens (tertiary/aromatic N) is 2. The number of carbonyl (C=O) groups is 2. The smallest absolute Gasteiger partial charge is 0.336 e. The highest BCUT2D eigenvalue weighted by Crippen LogP contribution is 2.30. The van der Waals surface area contributed by atoms with Crippen LogP contribution in [0.25, 0.3) is 10.9 Å². The Morgan fingerprint density at radius 2 is 1.75 bits per heavy atom. The number of carboxylic acids is 1. The zero-order valence-electron chi connectivity index (χ0n) is 18.5. The summed E-state index contributed by atoms with van der Waals surface area (Å²) < 4.78 is 5.12. The standard InChI is InChI=1S/C25H27N3O4/c1-15-10-16(2)14-28(13-15)23-12-21(25(30)31)20-11-18(6-9-22(20)27-23)26-24(29)17-4-7-19(32-3)8-5-17/h4-9,11-12,15-16H,10,13-14H2,1-3H3,(H,26,29)(H,30,31)/t15-,16-/m0/s1. The number of hydrogen-bond donors (Lipinski definition) is 2. The van der Waals surface area contributed by atoms with Gasteiger partial charge in [-0.15, -0.1) is 0 Å². The molecule has 1 aliphatic heterocycles. The number of carboxylic acid groups (broad SMARTS) is 1. The van der Waals surface area contributed by atoms with E-state index in [2.05, 4.69) is 24.1 Å². The van der Waals surface area contributed by atoms with Crippen LogP contribution in [-0.4, -0.2) is 42.2 Å². The third kappa shape index (κ3) is 4.51. The first-order valence-electron chi connectivity index (χ1n) is 10.7. The van der Waals surface area contributed by atoms with Crippen molar-refractivity contribution in [2.75, 3.05) is 30.4 Å². The summed E-state index contributed by atoms with van der Waals surface area (Å²) >= 11 is 0. The van der Waals surface area contributed by atoms with Crippen molar-refractivity contribution in [3.05, 3.63) is 59.7 Å².